The summed E-state index contributed by atoms with van der Waals surface area (Å²) in [5.74, 6) is 0.375. The van der Waals surface area contributed by atoms with Crippen molar-refractivity contribution in [3.63, 3.8) is 0 Å². The molecule has 1 fully saturated rings. The number of hydrogen-bond acceptors (Lipinski definition) is 9. The lowest BCUT2D eigenvalue weighted by atomic mass is 9.97. The second kappa shape index (κ2) is 10.6. The average Bonchev–Trinajstić information content (AvgIpc) is 3.41. The number of nitrogens with zero attached hydrogens (tertiary/aromatic N) is 5. The molecule has 0 N–H and O–H groups in total. The first kappa shape index (κ1) is 26.6. The maximum absolute atomic E-state index is 13.4. The van der Waals surface area contributed by atoms with E-state index in [2.05, 4.69) is 15.4 Å². The van der Waals surface area contributed by atoms with Crippen molar-refractivity contribution >= 4 is 22.8 Å². The second-order valence-corrected chi connectivity index (χ2v) is 11.0. The van der Waals surface area contributed by atoms with Crippen LogP contribution in [0.1, 0.15) is 40.8 Å². The number of morpholine rings is 1. The number of tetrazole rings is 1. The summed E-state index contributed by atoms with van der Waals surface area (Å²) < 4.78 is 17.6. The monoisotopic (exact) mass is 531 g/mol. The highest BCUT2D eigenvalue weighted by atomic mass is 16.6. The van der Waals surface area contributed by atoms with Crippen LogP contribution in [0.2, 0.25) is 0 Å². The molecule has 204 valence electrons. The number of fused-ring (bicyclic) bond motifs is 1. The van der Waals surface area contributed by atoms with Gasteiger partial charge in [0.2, 0.25) is 12.1 Å². The fourth-order valence-corrected chi connectivity index (χ4v) is 4.33. The van der Waals surface area contributed by atoms with E-state index in [9.17, 15) is 9.59 Å². The molecule has 0 spiro atoms. The summed E-state index contributed by atoms with van der Waals surface area (Å²) in [6.07, 6.45) is -0.729. The van der Waals surface area contributed by atoms with Crippen molar-refractivity contribution in [2.75, 3.05) is 31.2 Å². The third-order valence-corrected chi connectivity index (χ3v) is 6.55. The smallest absolute Gasteiger partial charge is 0.313 e. The number of carbonyl (C=O) groups is 1. The molecule has 0 radical (unpaired) electrons. The molecule has 10 heteroatoms. The molecule has 0 amide bonds. The summed E-state index contributed by atoms with van der Waals surface area (Å²) in [7, 11) is 0. The number of hydrogen-bond donors (Lipinski definition) is 0. The van der Waals surface area contributed by atoms with E-state index in [1.54, 1.807) is 26.8 Å². The van der Waals surface area contributed by atoms with Crippen LogP contribution in [0.15, 0.2) is 57.7 Å². The predicted octanol–water partition coefficient (Wildman–Crippen LogP) is 4.69. The van der Waals surface area contributed by atoms with Crippen molar-refractivity contribution < 1.29 is 18.7 Å². The molecule has 3 heterocycles. The molecule has 0 aliphatic carbocycles. The number of aromatic nitrogens is 4. The van der Waals surface area contributed by atoms with Crippen LogP contribution in [0, 0.1) is 11.3 Å². The largest absolute Gasteiger partial charge is 0.440 e. The van der Waals surface area contributed by atoms with Crippen LogP contribution in [0.4, 0.5) is 5.88 Å². The van der Waals surface area contributed by atoms with Gasteiger partial charge in [-0.2, -0.15) is 0 Å². The van der Waals surface area contributed by atoms with E-state index in [1.165, 1.54) is 10.9 Å². The highest BCUT2D eigenvalue weighted by Gasteiger charge is 2.30. The van der Waals surface area contributed by atoms with Crippen molar-refractivity contribution in [1.29, 1.82) is 0 Å². The normalized spacial score (nSPS) is 15.1. The van der Waals surface area contributed by atoms with Crippen molar-refractivity contribution in [3.05, 3.63) is 58.8 Å². The van der Waals surface area contributed by atoms with Gasteiger partial charge in [0.1, 0.15) is 5.58 Å². The first-order valence-corrected chi connectivity index (χ1v) is 13.1. The molecular formula is C29H33N5O5. The van der Waals surface area contributed by atoms with E-state index in [-0.39, 0.29) is 17.3 Å². The third kappa shape index (κ3) is 5.56. The van der Waals surface area contributed by atoms with E-state index in [0.717, 1.165) is 11.1 Å². The van der Waals surface area contributed by atoms with Crippen LogP contribution in [-0.2, 0) is 14.3 Å². The van der Waals surface area contributed by atoms with Gasteiger partial charge < -0.3 is 18.8 Å². The molecule has 2 aromatic heterocycles. The van der Waals surface area contributed by atoms with E-state index < -0.39 is 11.6 Å². The van der Waals surface area contributed by atoms with E-state index in [1.807, 2.05) is 55.1 Å². The summed E-state index contributed by atoms with van der Waals surface area (Å²) in [5, 5.41) is 13.4. The van der Waals surface area contributed by atoms with Crippen LogP contribution in [-0.4, -0.2) is 52.5 Å². The van der Waals surface area contributed by atoms with Gasteiger partial charge in [0.15, 0.2) is 11.3 Å². The van der Waals surface area contributed by atoms with Gasteiger partial charge in [-0.05, 0) is 43.7 Å². The number of carbonyl (C=O) groups excluding carboxylic acids is 1. The first-order chi connectivity index (χ1) is 18.6. The summed E-state index contributed by atoms with van der Waals surface area (Å²) in [6.45, 7) is 11.7. The fourth-order valence-electron chi connectivity index (χ4n) is 4.33. The maximum Gasteiger partial charge on any atom is 0.313 e. The molecule has 5 rings (SSSR count). The molecule has 0 saturated carbocycles. The minimum Gasteiger partial charge on any atom is -0.440 e. The van der Waals surface area contributed by atoms with Gasteiger partial charge >= 0.3 is 5.97 Å². The van der Waals surface area contributed by atoms with Crippen LogP contribution in [0.5, 0.6) is 0 Å². The van der Waals surface area contributed by atoms with Gasteiger partial charge in [-0.1, -0.05) is 44.2 Å². The van der Waals surface area contributed by atoms with E-state index in [0.29, 0.717) is 54.5 Å². The molecule has 10 nitrogen and oxygen atoms in total. The number of benzene rings is 2. The zero-order valence-corrected chi connectivity index (χ0v) is 22.9. The van der Waals surface area contributed by atoms with Crippen LogP contribution in [0.25, 0.3) is 33.5 Å². The quantitative estimate of drug-likeness (QED) is 0.327. The Hall–Kier alpha value is -4.05. The highest BCUT2D eigenvalue weighted by Crippen LogP contribution is 2.34. The number of esters is 1. The molecular weight excluding hydrogens is 498 g/mol. The Kier molecular flexibility index (Phi) is 7.22. The standard InChI is InChI=1S/C29H33N5O5/c1-18(2)27(39-28(36)29(3,4)5)34-31-26(30-32-34)20-15-21(19-9-7-6-8-10-19)25-22(16-20)23(35)17-24(38-25)33-11-13-37-14-12-33/h6-10,15-18,27H,11-14H2,1-5H3. The van der Waals surface area contributed by atoms with Crippen molar-refractivity contribution in [2.45, 2.75) is 40.8 Å². The lowest BCUT2D eigenvalue weighted by Gasteiger charge is -2.27. The van der Waals surface area contributed by atoms with E-state index in [4.69, 9.17) is 13.9 Å². The first-order valence-electron chi connectivity index (χ1n) is 13.1. The zero-order chi connectivity index (χ0) is 27.7. The Balaban J connectivity index is 1.60. The molecule has 1 aliphatic rings. The molecule has 4 aromatic rings. The molecule has 39 heavy (non-hydrogen) atoms. The molecule has 0 bridgehead atoms. The van der Waals surface area contributed by atoms with Crippen LogP contribution in [0.3, 0.4) is 0 Å². The van der Waals surface area contributed by atoms with Crippen molar-refractivity contribution in [2.24, 2.45) is 11.3 Å². The van der Waals surface area contributed by atoms with Crippen molar-refractivity contribution in [1.82, 2.24) is 20.2 Å². The maximum atomic E-state index is 13.4. The van der Waals surface area contributed by atoms with Crippen LogP contribution >= 0.6 is 0 Å². The predicted molar refractivity (Wildman–Crippen MR) is 147 cm³/mol. The number of anilines is 1. The summed E-state index contributed by atoms with van der Waals surface area (Å²) >= 11 is 0. The summed E-state index contributed by atoms with van der Waals surface area (Å²) in [6, 6.07) is 14.9. The van der Waals surface area contributed by atoms with Crippen LogP contribution < -0.4 is 10.3 Å². The lowest BCUT2D eigenvalue weighted by molar-refractivity contribution is -0.169. The second-order valence-electron chi connectivity index (χ2n) is 11.0. The van der Waals surface area contributed by atoms with Gasteiger partial charge in [-0.3, -0.25) is 9.59 Å². The molecule has 1 aliphatic heterocycles. The van der Waals surface area contributed by atoms with Gasteiger partial charge in [-0.15, -0.1) is 15.0 Å². The Bertz CT molecular complexity index is 1530. The fraction of sp³-hybridized carbons (Fsp3) is 0.414. The molecule has 1 atom stereocenters. The Morgan fingerprint density at radius 1 is 1.03 bits per heavy atom. The van der Waals surface area contributed by atoms with Gasteiger partial charge in [-0.25, -0.2) is 0 Å². The molecule has 2 aromatic carbocycles. The average molecular weight is 532 g/mol. The van der Waals surface area contributed by atoms with Gasteiger partial charge in [0, 0.05) is 36.2 Å². The summed E-state index contributed by atoms with van der Waals surface area (Å²) in [4.78, 5) is 29.3. The zero-order valence-electron chi connectivity index (χ0n) is 22.9. The minimum atomic E-state index is -0.729. The van der Waals surface area contributed by atoms with Gasteiger partial charge in [0.05, 0.1) is 24.0 Å². The summed E-state index contributed by atoms with van der Waals surface area (Å²) in [5.41, 5.74) is 1.88. The number of rotatable bonds is 6. The SMILES string of the molecule is CC(C)C(OC(=O)C(C)(C)C)n1nnc(-c2cc(-c3ccccc3)c3oc(N4CCOCC4)cc(=O)c3c2)n1. The molecule has 1 unspecified atom stereocenters. The highest BCUT2D eigenvalue weighted by molar-refractivity contribution is 5.96. The van der Waals surface area contributed by atoms with Gasteiger partial charge in [0.25, 0.3) is 0 Å². The Labute approximate surface area is 226 Å². The Morgan fingerprint density at radius 3 is 2.41 bits per heavy atom. The molecule has 1 saturated heterocycles. The number of ether oxygens (including phenoxy) is 2. The van der Waals surface area contributed by atoms with E-state index >= 15 is 0 Å². The third-order valence-electron chi connectivity index (χ3n) is 6.55. The lowest BCUT2D eigenvalue weighted by Crippen LogP contribution is -2.36. The van der Waals surface area contributed by atoms with Crippen molar-refractivity contribution in [3.8, 4) is 22.5 Å². The minimum absolute atomic E-state index is 0.0968. The Morgan fingerprint density at radius 2 is 1.74 bits per heavy atom. The topological polar surface area (TPSA) is 113 Å².